The smallest absolute Gasteiger partial charge is 0.344 e. The fourth-order valence-corrected chi connectivity index (χ4v) is 3.88. The lowest BCUT2D eigenvalue weighted by atomic mass is 10.2. The van der Waals surface area contributed by atoms with Gasteiger partial charge in [0.05, 0.1) is 17.6 Å². The Morgan fingerprint density at radius 1 is 0.886 bits per heavy atom. The summed E-state index contributed by atoms with van der Waals surface area (Å²) in [5, 5.41) is 2.89. The predicted octanol–water partition coefficient (Wildman–Crippen LogP) is 5.40. The summed E-state index contributed by atoms with van der Waals surface area (Å²) in [6, 6.07) is 26.3. The number of hydrogen-bond donors (Lipinski definition) is 1. The van der Waals surface area contributed by atoms with Gasteiger partial charge in [0.25, 0.3) is 0 Å². The molecule has 35 heavy (non-hydrogen) atoms. The second-order valence-corrected chi connectivity index (χ2v) is 7.73. The molecular formula is C28H22N4O3. The van der Waals surface area contributed by atoms with Crippen LogP contribution in [0.4, 0.5) is 5.82 Å². The van der Waals surface area contributed by atoms with Gasteiger partial charge < -0.3 is 10.1 Å². The van der Waals surface area contributed by atoms with Gasteiger partial charge in [-0.1, -0.05) is 60.7 Å². The molecule has 0 aliphatic heterocycles. The van der Waals surface area contributed by atoms with E-state index in [9.17, 15) is 9.59 Å². The molecule has 0 saturated carbocycles. The number of amides is 1. The number of anilines is 1. The highest BCUT2D eigenvalue weighted by Gasteiger charge is 2.28. The zero-order chi connectivity index (χ0) is 24.2. The maximum atomic E-state index is 13.1. The first-order chi connectivity index (χ1) is 17.2. The fourth-order valence-electron chi connectivity index (χ4n) is 3.88. The fraction of sp³-hybridized carbons (Fsp3) is 0.0714. The summed E-state index contributed by atoms with van der Waals surface area (Å²) in [7, 11) is 0. The Morgan fingerprint density at radius 2 is 1.51 bits per heavy atom. The molecule has 7 nitrogen and oxygen atoms in total. The molecule has 5 rings (SSSR count). The van der Waals surface area contributed by atoms with Gasteiger partial charge in [-0.15, -0.1) is 0 Å². The number of para-hydroxylation sites is 3. The van der Waals surface area contributed by atoms with Crippen molar-refractivity contribution in [1.29, 1.82) is 0 Å². The standard InChI is InChI=1S/C28H22N4O3/c1-2-35-28(34)24-25-27(30-22-16-10-9-15-21(22)29-25)32(20-13-7-4-8-14-20)26(24)31-23(33)18-17-19-11-5-3-6-12-19/h3-18H,2H2,1H3,(H,31,33). The first kappa shape index (κ1) is 22.0. The third-order valence-corrected chi connectivity index (χ3v) is 5.42. The van der Waals surface area contributed by atoms with E-state index in [1.165, 1.54) is 6.08 Å². The molecule has 0 spiro atoms. The molecule has 5 aromatic rings. The summed E-state index contributed by atoms with van der Waals surface area (Å²) in [4.78, 5) is 35.7. The zero-order valence-electron chi connectivity index (χ0n) is 19.0. The molecular weight excluding hydrogens is 440 g/mol. The maximum absolute atomic E-state index is 13.1. The minimum Gasteiger partial charge on any atom is -0.462 e. The van der Waals surface area contributed by atoms with Crippen LogP contribution >= 0.6 is 0 Å². The van der Waals surface area contributed by atoms with Crippen LogP contribution in [0.3, 0.4) is 0 Å². The van der Waals surface area contributed by atoms with Gasteiger partial charge in [0.1, 0.15) is 16.9 Å². The predicted molar refractivity (Wildman–Crippen MR) is 136 cm³/mol. The Morgan fingerprint density at radius 3 is 2.20 bits per heavy atom. The highest BCUT2D eigenvalue weighted by atomic mass is 16.5. The summed E-state index contributed by atoms with van der Waals surface area (Å²) in [5.74, 6) is -0.731. The van der Waals surface area contributed by atoms with E-state index >= 15 is 0 Å². The van der Waals surface area contributed by atoms with Crippen LogP contribution in [0.25, 0.3) is 34.0 Å². The van der Waals surface area contributed by atoms with Crippen molar-refractivity contribution in [2.45, 2.75) is 6.92 Å². The minimum absolute atomic E-state index is 0.158. The normalized spacial score (nSPS) is 11.2. The molecule has 1 N–H and O–H groups in total. The lowest BCUT2D eigenvalue weighted by Crippen LogP contribution is -2.16. The summed E-state index contributed by atoms with van der Waals surface area (Å²) in [6.45, 7) is 1.91. The second kappa shape index (κ2) is 9.61. The van der Waals surface area contributed by atoms with E-state index in [0.29, 0.717) is 22.2 Å². The number of hydrogen-bond acceptors (Lipinski definition) is 5. The first-order valence-electron chi connectivity index (χ1n) is 11.2. The zero-order valence-corrected chi connectivity index (χ0v) is 19.0. The highest BCUT2D eigenvalue weighted by Crippen LogP contribution is 2.33. The largest absolute Gasteiger partial charge is 0.462 e. The van der Waals surface area contributed by atoms with Gasteiger partial charge in [0, 0.05) is 11.8 Å². The molecule has 0 bridgehead atoms. The topological polar surface area (TPSA) is 86.1 Å². The van der Waals surface area contributed by atoms with Gasteiger partial charge in [-0.2, -0.15) is 0 Å². The lowest BCUT2D eigenvalue weighted by Gasteiger charge is -2.12. The van der Waals surface area contributed by atoms with Gasteiger partial charge in [-0.05, 0) is 42.8 Å². The van der Waals surface area contributed by atoms with Crippen molar-refractivity contribution in [3.8, 4) is 5.69 Å². The highest BCUT2D eigenvalue weighted by molar-refractivity contribution is 6.13. The van der Waals surface area contributed by atoms with Crippen LogP contribution in [0.2, 0.25) is 0 Å². The van der Waals surface area contributed by atoms with E-state index in [4.69, 9.17) is 14.7 Å². The van der Waals surface area contributed by atoms with E-state index in [2.05, 4.69) is 5.32 Å². The summed E-state index contributed by atoms with van der Waals surface area (Å²) >= 11 is 0. The Bertz CT molecular complexity index is 1560. The molecule has 0 radical (unpaired) electrons. The Kier molecular flexibility index (Phi) is 6.05. The van der Waals surface area contributed by atoms with Crippen LogP contribution in [0.5, 0.6) is 0 Å². The van der Waals surface area contributed by atoms with Crippen molar-refractivity contribution < 1.29 is 14.3 Å². The van der Waals surface area contributed by atoms with Crippen LogP contribution in [0.1, 0.15) is 22.8 Å². The Labute approximate surface area is 201 Å². The van der Waals surface area contributed by atoms with E-state index < -0.39 is 11.9 Å². The number of nitrogens with zero attached hydrogens (tertiary/aromatic N) is 3. The summed E-state index contributed by atoms with van der Waals surface area (Å²) < 4.78 is 7.09. The van der Waals surface area contributed by atoms with Crippen molar-refractivity contribution in [3.63, 3.8) is 0 Å². The van der Waals surface area contributed by atoms with Crippen LogP contribution in [-0.2, 0) is 9.53 Å². The number of aromatic nitrogens is 3. The van der Waals surface area contributed by atoms with Crippen molar-refractivity contribution >= 4 is 46.0 Å². The van der Waals surface area contributed by atoms with E-state index in [1.807, 2.05) is 84.9 Å². The number of esters is 1. The molecule has 2 aromatic heterocycles. The average Bonchev–Trinajstić information content (AvgIpc) is 3.19. The summed E-state index contributed by atoms with van der Waals surface area (Å²) in [6.07, 6.45) is 3.13. The molecule has 0 saturated heterocycles. The lowest BCUT2D eigenvalue weighted by molar-refractivity contribution is -0.111. The molecule has 0 fully saturated rings. The molecule has 0 aliphatic carbocycles. The van der Waals surface area contributed by atoms with Gasteiger partial charge >= 0.3 is 5.97 Å². The van der Waals surface area contributed by atoms with Crippen LogP contribution in [0, 0.1) is 0 Å². The summed E-state index contributed by atoms with van der Waals surface area (Å²) in [5.41, 5.74) is 3.87. The molecule has 2 heterocycles. The number of carbonyl (C=O) groups excluding carboxylic acids is 2. The third kappa shape index (κ3) is 4.39. The van der Waals surface area contributed by atoms with E-state index in [1.54, 1.807) is 17.6 Å². The molecule has 1 amide bonds. The molecule has 0 aliphatic rings. The maximum Gasteiger partial charge on any atom is 0.344 e. The average molecular weight is 463 g/mol. The Hall–Kier alpha value is -4.78. The van der Waals surface area contributed by atoms with Crippen molar-refractivity contribution in [2.24, 2.45) is 0 Å². The molecule has 0 atom stereocenters. The number of benzene rings is 3. The van der Waals surface area contributed by atoms with Crippen molar-refractivity contribution in [3.05, 3.63) is 102 Å². The first-order valence-corrected chi connectivity index (χ1v) is 11.2. The Balaban J connectivity index is 1.72. The number of nitrogens with one attached hydrogen (secondary N) is 1. The minimum atomic E-state index is -0.584. The van der Waals surface area contributed by atoms with Gasteiger partial charge in [0.2, 0.25) is 5.91 Å². The second-order valence-electron chi connectivity index (χ2n) is 7.73. The van der Waals surface area contributed by atoms with Crippen LogP contribution < -0.4 is 5.32 Å². The molecule has 0 unspecified atom stereocenters. The third-order valence-electron chi connectivity index (χ3n) is 5.42. The number of fused-ring (bicyclic) bond motifs is 2. The molecule has 7 heteroatoms. The van der Waals surface area contributed by atoms with Gasteiger partial charge in [-0.25, -0.2) is 14.8 Å². The van der Waals surface area contributed by atoms with Crippen LogP contribution in [0.15, 0.2) is 91.0 Å². The monoisotopic (exact) mass is 462 g/mol. The van der Waals surface area contributed by atoms with Crippen molar-refractivity contribution in [1.82, 2.24) is 14.5 Å². The number of ether oxygens (including phenoxy) is 1. The molecule has 3 aromatic carbocycles. The molecule has 172 valence electrons. The van der Waals surface area contributed by atoms with E-state index in [-0.39, 0.29) is 18.0 Å². The van der Waals surface area contributed by atoms with Gasteiger partial charge in [0.15, 0.2) is 5.65 Å². The van der Waals surface area contributed by atoms with Gasteiger partial charge in [-0.3, -0.25) is 9.36 Å². The SMILES string of the molecule is CCOC(=O)c1c(NC(=O)C=Cc2ccccc2)n(-c2ccccc2)c2nc3ccccc3nc12. The van der Waals surface area contributed by atoms with E-state index in [0.717, 1.165) is 11.3 Å². The van der Waals surface area contributed by atoms with Crippen LogP contribution in [-0.4, -0.2) is 33.0 Å². The van der Waals surface area contributed by atoms with Crippen molar-refractivity contribution in [2.75, 3.05) is 11.9 Å². The quantitative estimate of drug-likeness (QED) is 0.270. The number of carbonyl (C=O) groups is 2. The number of rotatable bonds is 6.